The highest BCUT2D eigenvalue weighted by Crippen LogP contribution is 2.33. The molecular weight excluding hydrogens is 364 g/mol. The van der Waals surface area contributed by atoms with Crippen LogP contribution in [-0.4, -0.2) is 52.7 Å². The van der Waals surface area contributed by atoms with Crippen molar-refractivity contribution in [3.8, 4) is 11.1 Å². The van der Waals surface area contributed by atoms with Gasteiger partial charge in [-0.25, -0.2) is 4.98 Å². The lowest BCUT2D eigenvalue weighted by Crippen LogP contribution is -2.41. The summed E-state index contributed by atoms with van der Waals surface area (Å²) in [6.07, 6.45) is 9.68. The number of likely N-dealkylation sites (tertiary alicyclic amines) is 1. The first-order valence-corrected chi connectivity index (χ1v) is 11.4. The van der Waals surface area contributed by atoms with Gasteiger partial charge in [-0.15, -0.1) is 0 Å². The summed E-state index contributed by atoms with van der Waals surface area (Å²) >= 11 is 1.89. The van der Waals surface area contributed by atoms with Gasteiger partial charge in [0.1, 0.15) is 5.82 Å². The summed E-state index contributed by atoms with van der Waals surface area (Å²) in [6.45, 7) is 8.71. The number of hydrogen-bond donors (Lipinski definition) is 1. The molecule has 1 aromatic carbocycles. The molecule has 1 aromatic heterocycles. The maximum Gasteiger partial charge on any atom is 0.130 e. The van der Waals surface area contributed by atoms with Crippen LogP contribution in [0, 0.1) is 0 Å². The molecule has 0 bridgehead atoms. The molecule has 2 saturated heterocycles. The average Bonchev–Trinajstić information content (AvgIpc) is 3.24. The Morgan fingerprint density at radius 1 is 1.11 bits per heavy atom. The fourth-order valence-corrected chi connectivity index (χ4v) is 5.12. The van der Waals surface area contributed by atoms with Gasteiger partial charge in [-0.1, -0.05) is 48.9 Å². The molecule has 4 nitrogen and oxygen atoms in total. The van der Waals surface area contributed by atoms with E-state index >= 15 is 0 Å². The van der Waals surface area contributed by atoms with Crippen LogP contribution < -0.4 is 5.73 Å². The molecule has 1 unspecified atom stereocenters. The standard InChI is InChI=1S/C23H30N4S/c1-3-17-14-21(15-25-23(17)24)19-6-4-18(5-7-19)20-8-11-26(16-20)22-9-12-27(28-2)13-10-22/h3-7,14-15,20,22H,1,8-13,16H2,2H3,(H2,24,25). The van der Waals surface area contributed by atoms with Crippen LogP contribution in [0.3, 0.4) is 0 Å². The zero-order valence-corrected chi connectivity index (χ0v) is 17.5. The summed E-state index contributed by atoms with van der Waals surface area (Å²) in [4.78, 5) is 7.03. The van der Waals surface area contributed by atoms with Crippen LogP contribution in [0.4, 0.5) is 5.82 Å². The van der Waals surface area contributed by atoms with Gasteiger partial charge < -0.3 is 5.73 Å². The SMILES string of the molecule is C=Cc1cc(-c2ccc(C3CCN(C4CCN(SC)CC4)C3)cc2)cnc1N. The highest BCUT2D eigenvalue weighted by Gasteiger charge is 2.31. The number of rotatable bonds is 5. The van der Waals surface area contributed by atoms with E-state index < -0.39 is 0 Å². The number of nitrogen functional groups attached to an aromatic ring is 1. The van der Waals surface area contributed by atoms with Crippen LogP contribution in [0.25, 0.3) is 17.2 Å². The van der Waals surface area contributed by atoms with E-state index in [1.807, 2.05) is 18.1 Å². The molecule has 0 aliphatic carbocycles. The summed E-state index contributed by atoms with van der Waals surface area (Å²) in [5.74, 6) is 1.19. The predicted molar refractivity (Wildman–Crippen MR) is 121 cm³/mol. The predicted octanol–water partition coefficient (Wildman–Crippen LogP) is 4.51. The van der Waals surface area contributed by atoms with Crippen molar-refractivity contribution in [2.75, 3.05) is 38.2 Å². The zero-order chi connectivity index (χ0) is 19.5. The average molecular weight is 395 g/mol. The minimum absolute atomic E-state index is 0.532. The monoisotopic (exact) mass is 394 g/mol. The lowest BCUT2D eigenvalue weighted by molar-refractivity contribution is 0.171. The van der Waals surface area contributed by atoms with Gasteiger partial charge >= 0.3 is 0 Å². The minimum atomic E-state index is 0.532. The van der Waals surface area contributed by atoms with Crippen molar-refractivity contribution in [2.45, 2.75) is 31.2 Å². The van der Waals surface area contributed by atoms with Crippen LogP contribution in [-0.2, 0) is 0 Å². The summed E-state index contributed by atoms with van der Waals surface area (Å²) in [5, 5.41) is 0. The normalized spacial score (nSPS) is 21.8. The van der Waals surface area contributed by atoms with Gasteiger partial charge in [0.15, 0.2) is 0 Å². The molecule has 2 aliphatic heterocycles. The number of aromatic nitrogens is 1. The number of piperidine rings is 1. The van der Waals surface area contributed by atoms with Gasteiger partial charge in [0.05, 0.1) is 0 Å². The maximum absolute atomic E-state index is 5.88. The highest BCUT2D eigenvalue weighted by molar-refractivity contribution is 7.96. The highest BCUT2D eigenvalue weighted by atomic mass is 32.2. The second kappa shape index (κ2) is 8.68. The maximum atomic E-state index is 5.88. The Balaban J connectivity index is 1.40. The number of nitrogens with zero attached hydrogens (tertiary/aromatic N) is 3. The van der Waals surface area contributed by atoms with Crippen LogP contribution in [0.15, 0.2) is 43.1 Å². The largest absolute Gasteiger partial charge is 0.383 e. The van der Waals surface area contributed by atoms with Crippen molar-refractivity contribution in [1.29, 1.82) is 0 Å². The van der Waals surface area contributed by atoms with Gasteiger partial charge in [0.2, 0.25) is 0 Å². The number of hydrogen-bond acceptors (Lipinski definition) is 5. The van der Waals surface area contributed by atoms with Gasteiger partial charge in [-0.3, -0.25) is 9.21 Å². The molecule has 1 atom stereocenters. The number of pyridine rings is 1. The zero-order valence-electron chi connectivity index (χ0n) is 16.7. The minimum Gasteiger partial charge on any atom is -0.383 e. The van der Waals surface area contributed by atoms with Crippen molar-refractivity contribution in [2.24, 2.45) is 0 Å². The molecule has 0 amide bonds. The number of nitrogens with two attached hydrogens (primary N) is 1. The first-order valence-electron chi connectivity index (χ1n) is 10.2. The lowest BCUT2D eigenvalue weighted by Gasteiger charge is -2.35. The molecule has 2 aliphatic rings. The fourth-order valence-electron chi connectivity index (χ4n) is 4.54. The molecule has 0 spiro atoms. The first kappa shape index (κ1) is 19.5. The third-order valence-corrected chi connectivity index (χ3v) is 7.18. The Hall–Kier alpha value is -1.82. The van der Waals surface area contributed by atoms with Crippen LogP contribution in [0.5, 0.6) is 0 Å². The quantitative estimate of drug-likeness (QED) is 0.756. The Morgan fingerprint density at radius 2 is 1.86 bits per heavy atom. The van der Waals surface area contributed by atoms with Crippen LogP contribution in [0.1, 0.15) is 36.3 Å². The topological polar surface area (TPSA) is 45.4 Å². The van der Waals surface area contributed by atoms with E-state index in [0.29, 0.717) is 11.7 Å². The van der Waals surface area contributed by atoms with E-state index in [4.69, 9.17) is 5.73 Å². The molecule has 3 heterocycles. The lowest BCUT2D eigenvalue weighted by atomic mass is 9.95. The van der Waals surface area contributed by atoms with Gasteiger partial charge in [-0.05, 0) is 55.2 Å². The first-order chi connectivity index (χ1) is 13.7. The van der Waals surface area contributed by atoms with Crippen LogP contribution in [0.2, 0.25) is 0 Å². The second-order valence-corrected chi connectivity index (χ2v) is 8.73. The van der Waals surface area contributed by atoms with Gasteiger partial charge in [0.25, 0.3) is 0 Å². The van der Waals surface area contributed by atoms with Crippen molar-refractivity contribution >= 4 is 23.8 Å². The Bertz CT molecular complexity index is 812. The summed E-state index contributed by atoms with van der Waals surface area (Å²) in [5.41, 5.74) is 10.5. The molecule has 148 valence electrons. The molecule has 2 fully saturated rings. The molecule has 0 saturated carbocycles. The third-order valence-electron chi connectivity index (χ3n) is 6.30. The molecule has 2 N–H and O–H groups in total. The van der Waals surface area contributed by atoms with E-state index in [1.54, 1.807) is 6.08 Å². The second-order valence-electron chi connectivity index (χ2n) is 7.85. The van der Waals surface area contributed by atoms with Crippen molar-refractivity contribution in [1.82, 2.24) is 14.2 Å². The summed E-state index contributed by atoms with van der Waals surface area (Å²) in [6, 6.07) is 11.9. The van der Waals surface area contributed by atoms with Crippen molar-refractivity contribution in [3.05, 3.63) is 54.2 Å². The Kier molecular flexibility index (Phi) is 6.04. The Labute approximate surface area is 173 Å². The van der Waals surface area contributed by atoms with E-state index in [9.17, 15) is 0 Å². The van der Waals surface area contributed by atoms with Crippen LogP contribution >= 0.6 is 11.9 Å². The molecule has 2 aromatic rings. The van der Waals surface area contributed by atoms with Crippen molar-refractivity contribution in [3.63, 3.8) is 0 Å². The van der Waals surface area contributed by atoms with E-state index in [0.717, 1.165) is 17.2 Å². The van der Waals surface area contributed by atoms with E-state index in [2.05, 4.69) is 57.4 Å². The number of benzene rings is 1. The molecule has 0 radical (unpaired) electrons. The third kappa shape index (κ3) is 4.12. The summed E-state index contributed by atoms with van der Waals surface area (Å²) < 4.78 is 2.49. The van der Waals surface area contributed by atoms with Gasteiger partial charge in [0, 0.05) is 43.0 Å². The van der Waals surface area contributed by atoms with E-state index in [1.165, 1.54) is 56.6 Å². The smallest absolute Gasteiger partial charge is 0.130 e. The fraction of sp³-hybridized carbons (Fsp3) is 0.435. The van der Waals surface area contributed by atoms with Gasteiger partial charge in [-0.2, -0.15) is 0 Å². The summed E-state index contributed by atoms with van der Waals surface area (Å²) in [7, 11) is 0. The number of anilines is 1. The van der Waals surface area contributed by atoms with E-state index in [-0.39, 0.29) is 0 Å². The molecule has 28 heavy (non-hydrogen) atoms. The molecule has 4 rings (SSSR count). The molecular formula is C23H30N4S. The molecule has 5 heteroatoms. The van der Waals surface area contributed by atoms with Crippen molar-refractivity contribution < 1.29 is 0 Å². The Morgan fingerprint density at radius 3 is 2.54 bits per heavy atom.